The van der Waals surface area contributed by atoms with Crippen LogP contribution in [0.2, 0.25) is 0 Å². The maximum atomic E-state index is 11.9. The van der Waals surface area contributed by atoms with Crippen LogP contribution in [0.25, 0.3) is 0 Å². The number of anilines is 2. The van der Waals surface area contributed by atoms with Gasteiger partial charge >= 0.3 is 6.03 Å². The predicted octanol–water partition coefficient (Wildman–Crippen LogP) is 3.63. The van der Waals surface area contributed by atoms with E-state index in [4.69, 9.17) is 4.52 Å². The number of phenols is 1. The van der Waals surface area contributed by atoms with Gasteiger partial charge in [0.1, 0.15) is 11.5 Å². The Kier molecular flexibility index (Phi) is 3.88. The average Bonchev–Trinajstić information content (AvgIpc) is 2.82. The standard InChI is InChI=1S/C15H19N3O3/c1-9-5-6-11(19)10(7-9)16-14(20)17-13-8-12(21-18-13)15(2,3)4/h5-8,19H,1-4H3,(H2,16,17,18,20). The van der Waals surface area contributed by atoms with Gasteiger partial charge in [0, 0.05) is 11.5 Å². The molecule has 0 saturated heterocycles. The molecule has 0 fully saturated rings. The fourth-order valence-electron chi connectivity index (χ4n) is 1.71. The molecule has 0 atom stereocenters. The number of nitrogens with one attached hydrogen (secondary N) is 2. The minimum Gasteiger partial charge on any atom is -0.506 e. The van der Waals surface area contributed by atoms with Gasteiger partial charge in [-0.2, -0.15) is 0 Å². The number of carbonyl (C=O) groups is 1. The molecule has 0 aliphatic carbocycles. The van der Waals surface area contributed by atoms with E-state index in [-0.39, 0.29) is 11.2 Å². The molecule has 3 N–H and O–H groups in total. The van der Waals surface area contributed by atoms with E-state index in [1.807, 2.05) is 27.7 Å². The van der Waals surface area contributed by atoms with Crippen molar-refractivity contribution in [2.75, 3.05) is 10.6 Å². The number of aryl methyl sites for hydroxylation is 1. The number of hydrogen-bond acceptors (Lipinski definition) is 4. The Labute approximate surface area is 123 Å². The molecule has 0 spiro atoms. The first-order valence-corrected chi connectivity index (χ1v) is 6.60. The molecule has 112 valence electrons. The van der Waals surface area contributed by atoms with Gasteiger partial charge in [-0.05, 0) is 24.6 Å². The second kappa shape index (κ2) is 5.47. The van der Waals surface area contributed by atoms with Gasteiger partial charge in [0.05, 0.1) is 5.69 Å². The molecule has 0 saturated carbocycles. The summed E-state index contributed by atoms with van der Waals surface area (Å²) in [4.78, 5) is 11.9. The molecule has 6 nitrogen and oxygen atoms in total. The van der Waals surface area contributed by atoms with Crippen LogP contribution in [0.5, 0.6) is 5.75 Å². The quantitative estimate of drug-likeness (QED) is 0.737. The molecule has 0 aliphatic rings. The van der Waals surface area contributed by atoms with E-state index < -0.39 is 6.03 Å². The van der Waals surface area contributed by atoms with E-state index in [9.17, 15) is 9.90 Å². The van der Waals surface area contributed by atoms with Crippen LogP contribution in [0.4, 0.5) is 16.3 Å². The first-order valence-electron chi connectivity index (χ1n) is 6.60. The number of hydrogen-bond donors (Lipinski definition) is 3. The van der Waals surface area contributed by atoms with Crippen molar-refractivity contribution >= 4 is 17.5 Å². The summed E-state index contributed by atoms with van der Waals surface area (Å²) in [7, 11) is 0. The van der Waals surface area contributed by atoms with Crippen LogP contribution in [0, 0.1) is 6.92 Å². The van der Waals surface area contributed by atoms with Crippen LogP contribution in [0.3, 0.4) is 0 Å². The molecule has 1 heterocycles. The number of urea groups is 1. The van der Waals surface area contributed by atoms with Gasteiger partial charge in [0.2, 0.25) is 0 Å². The van der Waals surface area contributed by atoms with Crippen molar-refractivity contribution in [3.63, 3.8) is 0 Å². The van der Waals surface area contributed by atoms with Crippen molar-refractivity contribution in [1.29, 1.82) is 0 Å². The van der Waals surface area contributed by atoms with Gasteiger partial charge in [-0.1, -0.05) is 32.0 Å². The third-order valence-corrected chi connectivity index (χ3v) is 2.89. The first-order chi connectivity index (χ1) is 9.75. The topological polar surface area (TPSA) is 87.4 Å². The molecular formula is C15H19N3O3. The van der Waals surface area contributed by atoms with Crippen molar-refractivity contribution in [3.05, 3.63) is 35.6 Å². The summed E-state index contributed by atoms with van der Waals surface area (Å²) in [5.74, 6) is 1.01. The molecule has 6 heteroatoms. The van der Waals surface area contributed by atoms with E-state index >= 15 is 0 Å². The van der Waals surface area contributed by atoms with Crippen LogP contribution in [-0.2, 0) is 5.41 Å². The third kappa shape index (κ3) is 3.75. The summed E-state index contributed by atoms with van der Waals surface area (Å²) in [5, 5.41) is 18.6. The maximum Gasteiger partial charge on any atom is 0.325 e. The maximum absolute atomic E-state index is 11.9. The number of aromatic nitrogens is 1. The fraction of sp³-hybridized carbons (Fsp3) is 0.333. The van der Waals surface area contributed by atoms with Gasteiger partial charge < -0.3 is 14.9 Å². The zero-order chi connectivity index (χ0) is 15.6. The van der Waals surface area contributed by atoms with Gasteiger partial charge in [-0.15, -0.1) is 0 Å². The van der Waals surface area contributed by atoms with Crippen molar-refractivity contribution in [2.24, 2.45) is 0 Å². The molecule has 21 heavy (non-hydrogen) atoms. The Hall–Kier alpha value is -2.50. The highest BCUT2D eigenvalue weighted by Crippen LogP contribution is 2.26. The van der Waals surface area contributed by atoms with Crippen molar-refractivity contribution in [1.82, 2.24) is 5.16 Å². The monoisotopic (exact) mass is 289 g/mol. The number of aromatic hydroxyl groups is 1. The number of benzene rings is 1. The Morgan fingerprint density at radius 2 is 1.95 bits per heavy atom. The van der Waals surface area contributed by atoms with E-state index in [1.54, 1.807) is 18.2 Å². The zero-order valence-corrected chi connectivity index (χ0v) is 12.5. The molecule has 0 radical (unpaired) electrons. The van der Waals surface area contributed by atoms with Crippen molar-refractivity contribution in [2.45, 2.75) is 33.1 Å². The van der Waals surface area contributed by atoms with Crippen LogP contribution in [0.1, 0.15) is 32.1 Å². The number of phenolic OH excluding ortho intramolecular Hbond substituents is 1. The summed E-state index contributed by atoms with van der Waals surface area (Å²) >= 11 is 0. The highest BCUT2D eigenvalue weighted by molar-refractivity contribution is 6.00. The van der Waals surface area contributed by atoms with E-state index in [2.05, 4.69) is 15.8 Å². The highest BCUT2D eigenvalue weighted by Gasteiger charge is 2.20. The second-order valence-electron chi connectivity index (χ2n) is 5.93. The van der Waals surface area contributed by atoms with E-state index in [0.717, 1.165) is 5.56 Å². The second-order valence-corrected chi connectivity index (χ2v) is 5.93. The van der Waals surface area contributed by atoms with Gasteiger partial charge in [-0.25, -0.2) is 4.79 Å². The summed E-state index contributed by atoms with van der Waals surface area (Å²) in [6.45, 7) is 7.84. The Bertz CT molecular complexity index is 656. The third-order valence-electron chi connectivity index (χ3n) is 2.89. The lowest BCUT2D eigenvalue weighted by Crippen LogP contribution is -2.19. The number of rotatable bonds is 2. The SMILES string of the molecule is Cc1ccc(O)c(NC(=O)Nc2cc(C(C)(C)C)on2)c1. The summed E-state index contributed by atoms with van der Waals surface area (Å²) < 4.78 is 5.18. The highest BCUT2D eigenvalue weighted by atomic mass is 16.5. The molecule has 1 aromatic heterocycles. The molecule has 0 aliphatic heterocycles. The Morgan fingerprint density at radius 1 is 1.24 bits per heavy atom. The number of carbonyl (C=O) groups excluding carboxylic acids is 1. The predicted molar refractivity (Wildman–Crippen MR) is 80.7 cm³/mol. The van der Waals surface area contributed by atoms with Crippen LogP contribution < -0.4 is 10.6 Å². The summed E-state index contributed by atoms with van der Waals surface area (Å²) in [6, 6.07) is 6.14. The lowest BCUT2D eigenvalue weighted by molar-refractivity contribution is 0.261. The van der Waals surface area contributed by atoms with Gasteiger partial charge in [0.15, 0.2) is 5.82 Å². The summed E-state index contributed by atoms with van der Waals surface area (Å²) in [6.07, 6.45) is 0. The van der Waals surface area contributed by atoms with Crippen LogP contribution in [0.15, 0.2) is 28.8 Å². The lowest BCUT2D eigenvalue weighted by Gasteiger charge is -2.12. The fourth-order valence-corrected chi connectivity index (χ4v) is 1.71. The van der Waals surface area contributed by atoms with Crippen molar-refractivity contribution < 1.29 is 14.4 Å². The van der Waals surface area contributed by atoms with Gasteiger partial charge in [0.25, 0.3) is 0 Å². The minimum atomic E-state index is -0.496. The normalized spacial score (nSPS) is 11.2. The molecule has 2 aromatic rings. The van der Waals surface area contributed by atoms with Gasteiger partial charge in [-0.3, -0.25) is 5.32 Å². The molecule has 0 unspecified atom stereocenters. The van der Waals surface area contributed by atoms with E-state index in [1.165, 1.54) is 6.07 Å². The number of nitrogens with zero attached hydrogens (tertiary/aromatic N) is 1. The lowest BCUT2D eigenvalue weighted by atomic mass is 9.93. The van der Waals surface area contributed by atoms with Crippen LogP contribution >= 0.6 is 0 Å². The largest absolute Gasteiger partial charge is 0.506 e. The summed E-state index contributed by atoms with van der Waals surface area (Å²) in [5.41, 5.74) is 1.09. The Balaban J connectivity index is 2.05. The average molecular weight is 289 g/mol. The number of amides is 2. The molecular weight excluding hydrogens is 270 g/mol. The van der Waals surface area contributed by atoms with E-state index in [0.29, 0.717) is 17.3 Å². The van der Waals surface area contributed by atoms with Crippen LogP contribution in [-0.4, -0.2) is 16.3 Å². The molecule has 0 bridgehead atoms. The molecule has 1 aromatic carbocycles. The molecule has 2 rings (SSSR count). The first kappa shape index (κ1) is 14.9. The smallest absolute Gasteiger partial charge is 0.325 e. The zero-order valence-electron chi connectivity index (χ0n) is 12.5. The molecule has 2 amide bonds. The van der Waals surface area contributed by atoms with Crippen molar-refractivity contribution in [3.8, 4) is 5.75 Å². The minimum absolute atomic E-state index is 0.00582. The Morgan fingerprint density at radius 3 is 2.57 bits per heavy atom.